The first kappa shape index (κ1) is 14.1. The van der Waals surface area contributed by atoms with Gasteiger partial charge in [0.2, 0.25) is 0 Å². The van der Waals surface area contributed by atoms with Crippen LogP contribution in [0, 0.1) is 5.82 Å². The number of nitrogens with two attached hydrogens (primary N) is 1. The number of nitrogen functional groups attached to an aromatic ring is 1. The zero-order valence-corrected chi connectivity index (χ0v) is 12.5. The van der Waals surface area contributed by atoms with Gasteiger partial charge in [-0.3, -0.25) is 0 Å². The molecule has 3 aromatic rings. The second-order valence-corrected chi connectivity index (χ2v) is 5.74. The van der Waals surface area contributed by atoms with Gasteiger partial charge in [-0.2, -0.15) is 5.10 Å². The van der Waals surface area contributed by atoms with Crippen molar-refractivity contribution in [3.8, 4) is 11.3 Å². The van der Waals surface area contributed by atoms with E-state index < -0.39 is 0 Å². The fourth-order valence-corrected chi connectivity index (χ4v) is 3.14. The summed E-state index contributed by atoms with van der Waals surface area (Å²) in [7, 11) is 0. The van der Waals surface area contributed by atoms with Gasteiger partial charge < -0.3 is 11.1 Å². The van der Waals surface area contributed by atoms with E-state index in [0.717, 1.165) is 25.9 Å². The smallest absolute Gasteiger partial charge is 0.164 e. The van der Waals surface area contributed by atoms with E-state index >= 15 is 0 Å². The number of hydrogen-bond acceptors (Lipinski definition) is 5. The average molecular weight is 312 g/mol. The van der Waals surface area contributed by atoms with Gasteiger partial charge in [0.1, 0.15) is 23.7 Å². The molecule has 6 nitrogen and oxygen atoms in total. The van der Waals surface area contributed by atoms with Crippen molar-refractivity contribution in [1.82, 2.24) is 25.1 Å². The Balaban J connectivity index is 1.94. The Kier molecular flexibility index (Phi) is 3.42. The van der Waals surface area contributed by atoms with Crippen LogP contribution in [0.2, 0.25) is 0 Å². The number of piperidine rings is 1. The Morgan fingerprint density at radius 3 is 2.83 bits per heavy atom. The lowest BCUT2D eigenvalue weighted by Crippen LogP contribution is -2.30. The average Bonchev–Trinajstić information content (AvgIpc) is 2.97. The highest BCUT2D eigenvalue weighted by molar-refractivity contribution is 5.98. The van der Waals surface area contributed by atoms with Gasteiger partial charge in [-0.1, -0.05) is 12.1 Å². The molecule has 0 atom stereocenters. The van der Waals surface area contributed by atoms with E-state index in [0.29, 0.717) is 28.1 Å². The Labute approximate surface area is 132 Å². The van der Waals surface area contributed by atoms with Crippen molar-refractivity contribution < 1.29 is 4.39 Å². The molecule has 1 aliphatic rings. The summed E-state index contributed by atoms with van der Waals surface area (Å²) < 4.78 is 15.5. The van der Waals surface area contributed by atoms with E-state index in [1.54, 1.807) is 6.07 Å². The van der Waals surface area contributed by atoms with E-state index in [9.17, 15) is 4.39 Å². The standard InChI is InChI=1S/C16H17FN6/c17-11-3-1-2-10(8-11)14-13-15(18)20-9-21-16(13)23(22-14)12-4-6-19-7-5-12/h1-3,8-9,12,19H,4-7H2,(H2,18,20,21). The Hall–Kier alpha value is -2.54. The van der Waals surface area contributed by atoms with Gasteiger partial charge in [-0.15, -0.1) is 0 Å². The predicted octanol–water partition coefficient (Wildman–Crippen LogP) is 2.14. The first-order chi connectivity index (χ1) is 11.2. The second kappa shape index (κ2) is 5.58. The number of aromatic nitrogens is 4. The van der Waals surface area contributed by atoms with Crippen LogP contribution in [-0.4, -0.2) is 32.8 Å². The molecule has 0 spiro atoms. The molecular formula is C16H17FN6. The maximum Gasteiger partial charge on any atom is 0.164 e. The van der Waals surface area contributed by atoms with Gasteiger partial charge in [0.25, 0.3) is 0 Å². The Morgan fingerprint density at radius 1 is 1.22 bits per heavy atom. The monoisotopic (exact) mass is 312 g/mol. The zero-order chi connectivity index (χ0) is 15.8. The molecule has 0 aliphatic carbocycles. The van der Waals surface area contributed by atoms with Gasteiger partial charge in [0.15, 0.2) is 5.65 Å². The molecule has 0 amide bonds. The molecule has 3 heterocycles. The van der Waals surface area contributed by atoms with Crippen LogP contribution in [0.15, 0.2) is 30.6 Å². The van der Waals surface area contributed by atoms with Gasteiger partial charge >= 0.3 is 0 Å². The summed E-state index contributed by atoms with van der Waals surface area (Å²) in [6.45, 7) is 1.89. The van der Waals surface area contributed by atoms with Crippen LogP contribution in [-0.2, 0) is 0 Å². The number of fused-ring (bicyclic) bond motifs is 1. The van der Waals surface area contributed by atoms with Crippen LogP contribution in [0.4, 0.5) is 10.2 Å². The van der Waals surface area contributed by atoms with Crippen LogP contribution in [0.1, 0.15) is 18.9 Å². The molecule has 1 saturated heterocycles. The number of nitrogens with zero attached hydrogens (tertiary/aromatic N) is 4. The number of benzene rings is 1. The molecule has 23 heavy (non-hydrogen) atoms. The van der Waals surface area contributed by atoms with Gasteiger partial charge in [0, 0.05) is 5.56 Å². The number of rotatable bonds is 2. The summed E-state index contributed by atoms with van der Waals surface area (Å²) in [6, 6.07) is 6.62. The molecule has 0 bridgehead atoms. The lowest BCUT2D eigenvalue weighted by molar-refractivity contribution is 0.350. The predicted molar refractivity (Wildman–Crippen MR) is 86.3 cm³/mol. The first-order valence-electron chi connectivity index (χ1n) is 7.69. The Morgan fingerprint density at radius 2 is 2.04 bits per heavy atom. The summed E-state index contributed by atoms with van der Waals surface area (Å²) in [5.74, 6) is 0.0666. The van der Waals surface area contributed by atoms with Crippen molar-refractivity contribution in [1.29, 1.82) is 0 Å². The zero-order valence-electron chi connectivity index (χ0n) is 12.5. The van der Waals surface area contributed by atoms with Crippen molar-refractivity contribution in [3.63, 3.8) is 0 Å². The minimum atomic E-state index is -0.303. The van der Waals surface area contributed by atoms with E-state index in [2.05, 4.69) is 15.3 Å². The van der Waals surface area contributed by atoms with Crippen LogP contribution >= 0.6 is 0 Å². The molecule has 7 heteroatoms. The fraction of sp³-hybridized carbons (Fsp3) is 0.312. The number of halogens is 1. The molecule has 4 rings (SSSR count). The minimum Gasteiger partial charge on any atom is -0.383 e. The van der Waals surface area contributed by atoms with Crippen molar-refractivity contribution in [2.45, 2.75) is 18.9 Å². The summed E-state index contributed by atoms with van der Waals surface area (Å²) in [5, 5.41) is 8.76. The van der Waals surface area contributed by atoms with Crippen molar-refractivity contribution in [2.75, 3.05) is 18.8 Å². The lowest BCUT2D eigenvalue weighted by Gasteiger charge is -2.23. The van der Waals surface area contributed by atoms with Crippen molar-refractivity contribution in [2.24, 2.45) is 0 Å². The molecule has 1 fully saturated rings. The van der Waals surface area contributed by atoms with Crippen LogP contribution in [0.25, 0.3) is 22.3 Å². The third kappa shape index (κ3) is 2.43. The summed E-state index contributed by atoms with van der Waals surface area (Å²) in [5.41, 5.74) is 8.10. The highest BCUT2D eigenvalue weighted by Crippen LogP contribution is 2.33. The highest BCUT2D eigenvalue weighted by Gasteiger charge is 2.23. The summed E-state index contributed by atoms with van der Waals surface area (Å²) in [6.07, 6.45) is 3.40. The first-order valence-corrected chi connectivity index (χ1v) is 7.69. The fourth-order valence-electron chi connectivity index (χ4n) is 3.14. The van der Waals surface area contributed by atoms with Gasteiger partial charge in [-0.25, -0.2) is 19.0 Å². The minimum absolute atomic E-state index is 0.260. The number of hydrogen-bond donors (Lipinski definition) is 2. The van der Waals surface area contributed by atoms with Crippen LogP contribution < -0.4 is 11.1 Å². The molecule has 118 valence electrons. The largest absolute Gasteiger partial charge is 0.383 e. The molecular weight excluding hydrogens is 295 g/mol. The normalized spacial score (nSPS) is 16.0. The lowest BCUT2D eigenvalue weighted by atomic mass is 10.1. The third-order valence-electron chi connectivity index (χ3n) is 4.27. The molecule has 0 unspecified atom stereocenters. The maximum absolute atomic E-state index is 13.6. The molecule has 3 N–H and O–H groups in total. The van der Waals surface area contributed by atoms with Crippen molar-refractivity contribution in [3.05, 3.63) is 36.4 Å². The van der Waals surface area contributed by atoms with Gasteiger partial charge in [0.05, 0.1) is 11.4 Å². The van der Waals surface area contributed by atoms with E-state index in [1.807, 2.05) is 10.7 Å². The second-order valence-electron chi connectivity index (χ2n) is 5.74. The van der Waals surface area contributed by atoms with E-state index in [4.69, 9.17) is 10.8 Å². The van der Waals surface area contributed by atoms with Gasteiger partial charge in [-0.05, 0) is 38.1 Å². The quantitative estimate of drug-likeness (QED) is 0.757. The number of anilines is 1. The van der Waals surface area contributed by atoms with E-state index in [-0.39, 0.29) is 11.9 Å². The molecule has 0 saturated carbocycles. The Bertz CT molecular complexity index is 853. The molecule has 2 aromatic heterocycles. The molecule has 0 radical (unpaired) electrons. The summed E-state index contributed by atoms with van der Waals surface area (Å²) >= 11 is 0. The number of nitrogens with one attached hydrogen (secondary N) is 1. The summed E-state index contributed by atoms with van der Waals surface area (Å²) in [4.78, 5) is 8.46. The molecule has 1 aromatic carbocycles. The third-order valence-corrected chi connectivity index (χ3v) is 4.27. The van der Waals surface area contributed by atoms with Crippen molar-refractivity contribution >= 4 is 16.9 Å². The van der Waals surface area contributed by atoms with E-state index in [1.165, 1.54) is 18.5 Å². The SMILES string of the molecule is Nc1ncnc2c1c(-c1cccc(F)c1)nn2C1CCNCC1. The highest BCUT2D eigenvalue weighted by atomic mass is 19.1. The maximum atomic E-state index is 13.6. The van der Waals surface area contributed by atoms with Crippen LogP contribution in [0.3, 0.4) is 0 Å². The topological polar surface area (TPSA) is 81.7 Å². The van der Waals surface area contributed by atoms with Crippen LogP contribution in [0.5, 0.6) is 0 Å². The molecule has 1 aliphatic heterocycles.